The van der Waals surface area contributed by atoms with E-state index in [0.29, 0.717) is 0 Å². The molecular weight excluding hydrogens is 298 g/mol. The second-order valence-corrected chi connectivity index (χ2v) is 3.28. The van der Waals surface area contributed by atoms with Gasteiger partial charge in [0.05, 0.1) is 12.3 Å². The molecule has 1 heterocycles. The predicted molar refractivity (Wildman–Crippen MR) is 49.4 cm³/mol. The van der Waals surface area contributed by atoms with Gasteiger partial charge in [-0.15, -0.1) is 13.2 Å². The highest BCUT2D eigenvalue weighted by Crippen LogP contribution is 2.26. The summed E-state index contributed by atoms with van der Waals surface area (Å²) in [6.45, 7) is -0.794. The summed E-state index contributed by atoms with van der Waals surface area (Å²) in [5.41, 5.74) is -0.587. The van der Waals surface area contributed by atoms with Gasteiger partial charge in [-0.2, -0.15) is 0 Å². The molecule has 16 heavy (non-hydrogen) atoms. The number of halogens is 5. The zero-order chi connectivity index (χ0) is 12.3. The van der Waals surface area contributed by atoms with Crippen molar-refractivity contribution in [1.29, 1.82) is 0 Å². The second kappa shape index (κ2) is 4.96. The van der Waals surface area contributed by atoms with Gasteiger partial charge in [0.1, 0.15) is 5.82 Å². The molecule has 1 aromatic heterocycles. The van der Waals surface area contributed by atoms with Crippen molar-refractivity contribution in [1.82, 2.24) is 4.98 Å². The van der Waals surface area contributed by atoms with Crippen LogP contribution in [0, 0.1) is 5.82 Å². The highest BCUT2D eigenvalue weighted by atomic mass is 79.9. The number of ether oxygens (including phenoxy) is 1. The number of aliphatic hydroxyl groups is 1. The van der Waals surface area contributed by atoms with E-state index in [1.807, 2.05) is 0 Å². The van der Waals surface area contributed by atoms with E-state index in [2.05, 4.69) is 25.7 Å². The molecule has 0 saturated carbocycles. The number of aliphatic hydroxyl groups excluding tert-OH is 1. The Morgan fingerprint density at radius 2 is 2.06 bits per heavy atom. The summed E-state index contributed by atoms with van der Waals surface area (Å²) in [7, 11) is 0. The third-order valence-corrected chi connectivity index (χ3v) is 2.13. The molecule has 0 fully saturated rings. The van der Waals surface area contributed by atoms with Gasteiger partial charge in [-0.05, 0) is 6.07 Å². The third kappa shape index (κ3) is 3.31. The van der Waals surface area contributed by atoms with Crippen LogP contribution in [0.15, 0.2) is 6.07 Å². The molecule has 0 unspecified atom stereocenters. The monoisotopic (exact) mass is 303 g/mol. The molecule has 8 heteroatoms. The zero-order valence-electron chi connectivity index (χ0n) is 7.68. The molecule has 0 amide bonds. The van der Waals surface area contributed by atoms with Gasteiger partial charge in [0, 0.05) is 10.9 Å². The highest BCUT2D eigenvalue weighted by molar-refractivity contribution is 9.08. The smallest absolute Gasteiger partial charge is 0.391 e. The molecule has 0 radical (unpaired) electrons. The van der Waals surface area contributed by atoms with Crippen molar-refractivity contribution >= 4 is 15.9 Å². The van der Waals surface area contributed by atoms with Gasteiger partial charge in [-0.1, -0.05) is 15.9 Å². The summed E-state index contributed by atoms with van der Waals surface area (Å²) in [4.78, 5) is 3.32. The van der Waals surface area contributed by atoms with Crippen LogP contribution in [0.2, 0.25) is 0 Å². The van der Waals surface area contributed by atoms with Crippen LogP contribution in [0.1, 0.15) is 11.3 Å². The number of alkyl halides is 4. The van der Waals surface area contributed by atoms with Gasteiger partial charge in [-0.25, -0.2) is 9.37 Å². The Morgan fingerprint density at radius 1 is 1.44 bits per heavy atom. The first-order valence-electron chi connectivity index (χ1n) is 3.98. The lowest BCUT2D eigenvalue weighted by molar-refractivity contribution is -0.276. The van der Waals surface area contributed by atoms with Crippen LogP contribution in [-0.2, 0) is 11.9 Å². The number of nitrogens with zero attached hydrogens (tertiary/aromatic N) is 1. The minimum absolute atomic E-state index is 0.0568. The van der Waals surface area contributed by atoms with Crippen molar-refractivity contribution in [3.63, 3.8) is 0 Å². The molecule has 90 valence electrons. The van der Waals surface area contributed by atoms with E-state index in [4.69, 9.17) is 5.11 Å². The number of hydrogen-bond donors (Lipinski definition) is 1. The molecule has 0 aliphatic carbocycles. The lowest BCUT2D eigenvalue weighted by Crippen LogP contribution is -2.19. The highest BCUT2D eigenvalue weighted by Gasteiger charge is 2.33. The Hall–Kier alpha value is -0.890. The van der Waals surface area contributed by atoms with Crippen molar-refractivity contribution < 1.29 is 27.4 Å². The summed E-state index contributed by atoms with van der Waals surface area (Å²) in [5.74, 6) is -1.65. The fourth-order valence-corrected chi connectivity index (χ4v) is 1.34. The van der Waals surface area contributed by atoms with Crippen LogP contribution < -0.4 is 4.74 Å². The van der Waals surface area contributed by atoms with Crippen molar-refractivity contribution in [2.24, 2.45) is 0 Å². The van der Waals surface area contributed by atoms with Gasteiger partial charge in [-0.3, -0.25) is 0 Å². The quantitative estimate of drug-likeness (QED) is 0.689. The molecule has 0 saturated heterocycles. The Bertz CT molecular complexity index is 383. The lowest BCUT2D eigenvalue weighted by atomic mass is 10.2. The number of hydrogen-bond acceptors (Lipinski definition) is 3. The largest absolute Gasteiger partial charge is 0.574 e. The molecule has 0 aromatic carbocycles. The molecule has 0 atom stereocenters. The SMILES string of the molecule is OCc1cc(F)c(CBr)nc1OC(F)(F)F. The number of aromatic nitrogens is 1. The number of pyridine rings is 1. The lowest BCUT2D eigenvalue weighted by Gasteiger charge is -2.12. The summed E-state index contributed by atoms with van der Waals surface area (Å²) in [5, 5.41) is 8.68. The van der Waals surface area contributed by atoms with Crippen molar-refractivity contribution in [2.75, 3.05) is 0 Å². The Kier molecular flexibility index (Phi) is 4.09. The molecule has 1 aromatic rings. The fraction of sp³-hybridized carbons (Fsp3) is 0.375. The standard InChI is InChI=1S/C8H6BrF4NO2/c9-2-6-5(10)1-4(3-15)7(14-6)16-8(11,12)13/h1,15H,2-3H2. The van der Waals surface area contributed by atoms with Gasteiger partial charge in [0.25, 0.3) is 0 Å². The average Bonchev–Trinajstić information content (AvgIpc) is 2.18. The van der Waals surface area contributed by atoms with E-state index in [1.54, 1.807) is 0 Å². The first-order valence-corrected chi connectivity index (χ1v) is 5.10. The molecule has 3 nitrogen and oxygen atoms in total. The Balaban J connectivity index is 3.15. The minimum Gasteiger partial charge on any atom is -0.391 e. The Morgan fingerprint density at radius 3 is 2.50 bits per heavy atom. The predicted octanol–water partition coefficient (Wildman–Crippen LogP) is 2.51. The topological polar surface area (TPSA) is 42.4 Å². The third-order valence-electron chi connectivity index (χ3n) is 1.60. The van der Waals surface area contributed by atoms with Gasteiger partial charge < -0.3 is 9.84 Å². The van der Waals surface area contributed by atoms with Crippen LogP contribution in [-0.4, -0.2) is 16.5 Å². The van der Waals surface area contributed by atoms with Gasteiger partial charge in [0.2, 0.25) is 5.88 Å². The molecule has 0 spiro atoms. The summed E-state index contributed by atoms with van der Waals surface area (Å²) < 4.78 is 52.5. The summed E-state index contributed by atoms with van der Waals surface area (Å²) in [6.07, 6.45) is -4.93. The summed E-state index contributed by atoms with van der Waals surface area (Å²) in [6, 6.07) is 0.755. The Labute approximate surface area is 96.2 Å². The van der Waals surface area contributed by atoms with E-state index in [0.717, 1.165) is 6.07 Å². The first-order chi connectivity index (χ1) is 7.37. The van der Waals surface area contributed by atoms with E-state index in [1.165, 1.54) is 0 Å². The normalized spacial score (nSPS) is 11.6. The van der Waals surface area contributed by atoms with Crippen LogP contribution in [0.3, 0.4) is 0 Å². The molecule has 1 rings (SSSR count). The van der Waals surface area contributed by atoms with E-state index < -0.39 is 24.7 Å². The second-order valence-electron chi connectivity index (χ2n) is 2.72. The fourth-order valence-electron chi connectivity index (χ4n) is 0.951. The molecule has 0 aliphatic heterocycles. The molecule has 1 N–H and O–H groups in total. The maximum Gasteiger partial charge on any atom is 0.574 e. The number of rotatable bonds is 3. The van der Waals surface area contributed by atoms with Crippen LogP contribution in [0.4, 0.5) is 17.6 Å². The van der Waals surface area contributed by atoms with E-state index >= 15 is 0 Å². The van der Waals surface area contributed by atoms with Gasteiger partial charge in [0.15, 0.2) is 0 Å². The average molecular weight is 304 g/mol. The van der Waals surface area contributed by atoms with Crippen LogP contribution >= 0.6 is 15.9 Å². The van der Waals surface area contributed by atoms with E-state index in [9.17, 15) is 17.6 Å². The van der Waals surface area contributed by atoms with E-state index in [-0.39, 0.29) is 16.6 Å². The maximum absolute atomic E-state index is 13.1. The molecule has 0 bridgehead atoms. The van der Waals surface area contributed by atoms with Crippen LogP contribution in [0.25, 0.3) is 0 Å². The molecule has 0 aliphatic rings. The van der Waals surface area contributed by atoms with Crippen LogP contribution in [0.5, 0.6) is 5.88 Å². The van der Waals surface area contributed by atoms with Crippen molar-refractivity contribution in [3.05, 3.63) is 23.1 Å². The first kappa shape index (κ1) is 13.2. The zero-order valence-corrected chi connectivity index (χ0v) is 9.27. The minimum atomic E-state index is -4.93. The molecular formula is C8H6BrF4NO2. The van der Waals surface area contributed by atoms with Gasteiger partial charge >= 0.3 is 6.36 Å². The van der Waals surface area contributed by atoms with Crippen molar-refractivity contribution in [3.8, 4) is 5.88 Å². The maximum atomic E-state index is 13.1. The summed E-state index contributed by atoms with van der Waals surface area (Å²) >= 11 is 2.87. The van der Waals surface area contributed by atoms with Crippen molar-refractivity contribution in [2.45, 2.75) is 18.3 Å².